The number of anilines is 4. The number of ether oxygens (including phenoxy) is 1. The number of rotatable bonds is 10. The van der Waals surface area contributed by atoms with Gasteiger partial charge in [-0.1, -0.05) is 145 Å². The van der Waals surface area contributed by atoms with Crippen LogP contribution in [0.2, 0.25) is 0 Å². The van der Waals surface area contributed by atoms with Crippen LogP contribution in [0, 0.1) is 0 Å². The third kappa shape index (κ3) is 6.53. The second-order valence-corrected chi connectivity index (χ2v) is 20.3. The minimum atomic E-state index is -0.373. The van der Waals surface area contributed by atoms with Gasteiger partial charge in [0.05, 0.1) is 28.3 Å². The topological polar surface area (TPSA) is 33.5 Å². The molecule has 0 saturated carbocycles. The van der Waals surface area contributed by atoms with Crippen molar-refractivity contribution in [3.63, 3.8) is 0 Å². The third-order valence-electron chi connectivity index (χ3n) is 12.9. The molecule has 0 saturated heterocycles. The molecule has 0 bridgehead atoms. The first-order valence-electron chi connectivity index (χ1n) is 22.1. The summed E-state index contributed by atoms with van der Waals surface area (Å²) >= 11 is 0. The Morgan fingerprint density at radius 3 is 2.11 bits per heavy atom. The Bertz CT molecular complexity index is 2940. The van der Waals surface area contributed by atoms with E-state index in [9.17, 15) is 0 Å². The van der Waals surface area contributed by atoms with Gasteiger partial charge in [0.25, 0.3) is 0 Å². The Hall–Kier alpha value is -6.42. The van der Waals surface area contributed by atoms with E-state index in [1.54, 1.807) is 0 Å². The van der Waals surface area contributed by atoms with Crippen molar-refractivity contribution in [1.29, 1.82) is 0 Å². The van der Waals surface area contributed by atoms with Gasteiger partial charge in [0.1, 0.15) is 24.0 Å². The van der Waals surface area contributed by atoms with E-state index in [1.807, 2.05) is 6.20 Å². The standard InChI is InChI=1S/C56H51N4OP/c1-5-6-32-62-50-29-17-28-48-53(50)54-49(60(48)52-33-40(30-31-57-52)56(2,3)4)35-43(36-51(54)62)61-42-23-15-22-41(34-42)58-37-59(47-27-14-13-26-46(47)58)55-44(38-18-9-7-10-19-38)24-16-25-45(55)39-20-11-8-12-21-39/h7-28,30-31,33-36,50H,5-6,29,32,37H2,1-4H3. The van der Waals surface area contributed by atoms with Gasteiger partial charge in [-0.05, 0) is 101 Å². The van der Waals surface area contributed by atoms with Crippen molar-refractivity contribution in [2.45, 2.75) is 58.0 Å². The minimum Gasteiger partial charge on any atom is -0.457 e. The maximum Gasteiger partial charge on any atom is 0.137 e. The molecule has 2 atom stereocenters. The van der Waals surface area contributed by atoms with Gasteiger partial charge in [-0.15, -0.1) is 0 Å². The molecule has 11 rings (SSSR count). The lowest BCUT2D eigenvalue weighted by atomic mass is 9.88. The normalized spacial score (nSPS) is 16.3. The third-order valence-corrected chi connectivity index (χ3v) is 15.9. The molecule has 306 valence electrons. The second kappa shape index (κ2) is 15.5. The lowest BCUT2D eigenvalue weighted by Crippen LogP contribution is -2.25. The van der Waals surface area contributed by atoms with E-state index in [-0.39, 0.29) is 13.3 Å². The molecule has 62 heavy (non-hydrogen) atoms. The Labute approximate surface area is 366 Å². The number of hydrogen-bond acceptors (Lipinski definition) is 4. The number of para-hydroxylation sites is 3. The summed E-state index contributed by atoms with van der Waals surface area (Å²) in [5, 5.41) is 2.92. The Morgan fingerprint density at radius 2 is 1.40 bits per heavy atom. The number of nitrogens with zero attached hydrogens (tertiary/aromatic N) is 4. The van der Waals surface area contributed by atoms with Gasteiger partial charge >= 0.3 is 0 Å². The van der Waals surface area contributed by atoms with Crippen molar-refractivity contribution in [3.05, 3.63) is 181 Å². The number of hydrogen-bond donors (Lipinski definition) is 0. The molecule has 0 spiro atoms. The molecule has 0 fully saturated rings. The van der Waals surface area contributed by atoms with Gasteiger partial charge in [-0.3, -0.25) is 4.57 Å². The van der Waals surface area contributed by atoms with Crippen molar-refractivity contribution in [2.75, 3.05) is 22.6 Å². The van der Waals surface area contributed by atoms with Crippen LogP contribution in [0.15, 0.2) is 164 Å². The van der Waals surface area contributed by atoms with Crippen molar-refractivity contribution in [2.24, 2.45) is 0 Å². The molecule has 2 aromatic heterocycles. The second-order valence-electron chi connectivity index (χ2n) is 17.8. The summed E-state index contributed by atoms with van der Waals surface area (Å²) in [7, 11) is -0.373. The van der Waals surface area contributed by atoms with E-state index < -0.39 is 0 Å². The molecule has 4 heterocycles. The van der Waals surface area contributed by atoms with Crippen molar-refractivity contribution in [3.8, 4) is 39.6 Å². The zero-order valence-electron chi connectivity index (χ0n) is 35.9. The maximum absolute atomic E-state index is 7.04. The summed E-state index contributed by atoms with van der Waals surface area (Å²) in [6.45, 7) is 9.79. The van der Waals surface area contributed by atoms with Gasteiger partial charge < -0.3 is 14.5 Å². The number of allylic oxidation sites excluding steroid dienone is 1. The van der Waals surface area contributed by atoms with Crippen LogP contribution < -0.4 is 19.8 Å². The number of unbranched alkanes of at least 4 members (excludes halogenated alkanes) is 1. The highest BCUT2D eigenvalue weighted by molar-refractivity contribution is 7.67. The van der Waals surface area contributed by atoms with Gasteiger partial charge in [0.2, 0.25) is 0 Å². The van der Waals surface area contributed by atoms with Crippen LogP contribution in [0.5, 0.6) is 11.5 Å². The van der Waals surface area contributed by atoms with E-state index in [0.717, 1.165) is 29.4 Å². The summed E-state index contributed by atoms with van der Waals surface area (Å²) in [6, 6.07) is 54.8. The van der Waals surface area contributed by atoms with Gasteiger partial charge in [-0.2, -0.15) is 0 Å². The molecule has 2 unspecified atom stereocenters. The van der Waals surface area contributed by atoms with Crippen LogP contribution in [0.1, 0.15) is 69.4 Å². The lowest BCUT2D eigenvalue weighted by molar-refractivity contribution is 0.484. The van der Waals surface area contributed by atoms with Crippen LogP contribution in [0.4, 0.5) is 22.7 Å². The SMILES string of the molecule is CCCCP1c2cc(Oc3cccc(N4CN(c5c(-c6ccccc6)cccc5-c5ccccc5)c5ccccc54)c3)cc3c2c2c(n3-c3cc(C(C)(C)C)ccn3)C=CCC21. The summed E-state index contributed by atoms with van der Waals surface area (Å²) in [5.41, 5.74) is 15.3. The highest BCUT2D eigenvalue weighted by Gasteiger charge is 2.40. The summed E-state index contributed by atoms with van der Waals surface area (Å²) in [6.07, 6.45) is 11.5. The minimum absolute atomic E-state index is 0.0113. The molecule has 2 aliphatic heterocycles. The van der Waals surface area contributed by atoms with Crippen LogP contribution in [-0.2, 0) is 5.41 Å². The highest BCUT2D eigenvalue weighted by Crippen LogP contribution is 2.64. The fourth-order valence-corrected chi connectivity index (χ4v) is 13.3. The number of pyridine rings is 1. The van der Waals surface area contributed by atoms with Crippen LogP contribution in [0.3, 0.4) is 0 Å². The smallest absolute Gasteiger partial charge is 0.137 e. The number of aromatic nitrogens is 2. The summed E-state index contributed by atoms with van der Waals surface area (Å²) < 4.78 is 9.45. The summed E-state index contributed by atoms with van der Waals surface area (Å²) in [5.74, 6) is 2.68. The molecular weight excluding hydrogens is 776 g/mol. The Kier molecular flexibility index (Phi) is 9.62. The predicted molar refractivity (Wildman–Crippen MR) is 262 cm³/mol. The number of fused-ring (bicyclic) bond motifs is 1. The molecule has 0 radical (unpaired) electrons. The van der Waals surface area contributed by atoms with E-state index in [4.69, 9.17) is 9.72 Å². The van der Waals surface area contributed by atoms with E-state index in [1.165, 1.54) is 91.3 Å². The fraction of sp³-hybridized carbons (Fsp3) is 0.196. The maximum atomic E-state index is 7.04. The molecule has 3 aliphatic rings. The molecule has 8 aromatic rings. The first-order valence-corrected chi connectivity index (χ1v) is 23.7. The fourth-order valence-electron chi connectivity index (χ4n) is 9.95. The van der Waals surface area contributed by atoms with Crippen molar-refractivity contribution < 1.29 is 4.74 Å². The zero-order chi connectivity index (χ0) is 42.0. The number of benzene rings is 6. The highest BCUT2D eigenvalue weighted by atomic mass is 31.1. The molecule has 6 heteroatoms. The Morgan fingerprint density at radius 1 is 0.710 bits per heavy atom. The van der Waals surface area contributed by atoms with Gasteiger partial charge in [-0.25, -0.2) is 4.98 Å². The van der Waals surface area contributed by atoms with E-state index in [2.05, 4.69) is 206 Å². The van der Waals surface area contributed by atoms with E-state index in [0.29, 0.717) is 12.3 Å². The summed E-state index contributed by atoms with van der Waals surface area (Å²) in [4.78, 5) is 9.92. The average Bonchev–Trinajstić information content (AvgIpc) is 3.96. The lowest BCUT2D eigenvalue weighted by Gasteiger charge is -2.27. The molecular formula is C56H51N4OP. The first-order chi connectivity index (χ1) is 30.4. The first kappa shape index (κ1) is 38.5. The quantitative estimate of drug-likeness (QED) is 0.129. The molecule has 0 amide bonds. The van der Waals surface area contributed by atoms with Gasteiger partial charge in [0.15, 0.2) is 0 Å². The molecule has 6 aromatic carbocycles. The van der Waals surface area contributed by atoms with Crippen LogP contribution >= 0.6 is 7.92 Å². The van der Waals surface area contributed by atoms with Gasteiger partial charge in [0, 0.05) is 46.2 Å². The van der Waals surface area contributed by atoms with E-state index >= 15 is 0 Å². The van der Waals surface area contributed by atoms with Crippen LogP contribution in [0.25, 0.3) is 45.1 Å². The molecule has 5 nitrogen and oxygen atoms in total. The van der Waals surface area contributed by atoms with Crippen LogP contribution in [-0.4, -0.2) is 22.4 Å². The molecule has 1 aliphatic carbocycles. The Balaban J connectivity index is 0.999. The predicted octanol–water partition coefficient (Wildman–Crippen LogP) is 15.1. The average molecular weight is 827 g/mol. The largest absolute Gasteiger partial charge is 0.457 e. The zero-order valence-corrected chi connectivity index (χ0v) is 36.8. The van der Waals surface area contributed by atoms with Crippen molar-refractivity contribution >= 4 is 53.0 Å². The monoisotopic (exact) mass is 826 g/mol. The molecule has 0 N–H and O–H groups in total. The van der Waals surface area contributed by atoms with Crippen molar-refractivity contribution in [1.82, 2.24) is 9.55 Å².